The molecule has 1 unspecified atom stereocenters. The second kappa shape index (κ2) is 10.1. The predicted molar refractivity (Wildman–Crippen MR) is 125 cm³/mol. The van der Waals surface area contributed by atoms with Crippen LogP contribution in [0.4, 0.5) is 0 Å². The highest BCUT2D eigenvalue weighted by atomic mass is 16.5. The van der Waals surface area contributed by atoms with E-state index in [9.17, 15) is 14.7 Å². The van der Waals surface area contributed by atoms with E-state index >= 15 is 0 Å². The summed E-state index contributed by atoms with van der Waals surface area (Å²) in [7, 11) is 0. The number of hydrogen-bond acceptors (Lipinski definition) is 5. The summed E-state index contributed by atoms with van der Waals surface area (Å²) < 4.78 is 10.9. The van der Waals surface area contributed by atoms with Gasteiger partial charge in [-0.05, 0) is 85.9 Å². The van der Waals surface area contributed by atoms with E-state index in [0.717, 1.165) is 27.8 Å². The van der Waals surface area contributed by atoms with Crippen molar-refractivity contribution in [1.82, 2.24) is 5.32 Å². The number of furan rings is 1. The second-order valence-electron chi connectivity index (χ2n) is 7.93. The molecule has 3 rings (SSSR count). The van der Waals surface area contributed by atoms with Crippen LogP contribution >= 0.6 is 0 Å². The van der Waals surface area contributed by atoms with Gasteiger partial charge in [-0.3, -0.25) is 9.59 Å². The van der Waals surface area contributed by atoms with E-state index in [2.05, 4.69) is 5.32 Å². The fraction of sp³-hybridized carbons (Fsp3) is 0.231. The van der Waals surface area contributed by atoms with Crippen LogP contribution in [0.2, 0.25) is 0 Å². The summed E-state index contributed by atoms with van der Waals surface area (Å²) in [4.78, 5) is 23.2. The first-order valence-corrected chi connectivity index (χ1v) is 10.5. The molecule has 1 amide bonds. The molecule has 0 aliphatic heterocycles. The number of hydrogen-bond donors (Lipinski definition) is 3. The first-order valence-electron chi connectivity index (χ1n) is 10.5. The van der Waals surface area contributed by atoms with Crippen LogP contribution in [0, 0.1) is 13.8 Å². The number of aryl methyl sites for hydroxylation is 2. The molecule has 2 aromatic carbocycles. The molecular weight excluding hydrogens is 422 g/mol. The fourth-order valence-electron chi connectivity index (χ4n) is 3.33. The summed E-state index contributed by atoms with van der Waals surface area (Å²) in [5.41, 5.74) is 4.94. The number of nitrogens with one attached hydrogen (secondary N) is 1. The summed E-state index contributed by atoms with van der Waals surface area (Å²) in [6.07, 6.45) is 3.30. The Hall–Kier alpha value is -4.00. The van der Waals surface area contributed by atoms with Gasteiger partial charge in [0.25, 0.3) is 0 Å². The lowest BCUT2D eigenvalue weighted by molar-refractivity contribution is -0.140. The fourth-order valence-corrected chi connectivity index (χ4v) is 3.33. The molecule has 1 heterocycles. The summed E-state index contributed by atoms with van der Waals surface area (Å²) in [6.45, 7) is 7.16. The summed E-state index contributed by atoms with van der Waals surface area (Å²) in [5, 5.41) is 21.9. The van der Waals surface area contributed by atoms with Crippen LogP contribution < -0.4 is 10.1 Å². The van der Waals surface area contributed by atoms with Crippen LogP contribution in [0.15, 0.2) is 58.7 Å². The van der Waals surface area contributed by atoms with Crippen LogP contribution in [0.1, 0.15) is 36.3 Å². The number of aliphatic carboxylic acids is 1. The van der Waals surface area contributed by atoms with E-state index in [0.29, 0.717) is 17.1 Å². The Morgan fingerprint density at radius 3 is 2.55 bits per heavy atom. The van der Waals surface area contributed by atoms with Gasteiger partial charge in [-0.25, -0.2) is 0 Å². The number of carbonyl (C=O) groups is 2. The maximum atomic E-state index is 12.3. The van der Waals surface area contributed by atoms with Crippen molar-refractivity contribution in [3.63, 3.8) is 0 Å². The van der Waals surface area contributed by atoms with Crippen LogP contribution in [0.3, 0.4) is 0 Å². The molecule has 0 saturated heterocycles. The van der Waals surface area contributed by atoms with Crippen molar-refractivity contribution in [2.45, 2.75) is 40.3 Å². The molecule has 3 N–H and O–H groups in total. The van der Waals surface area contributed by atoms with Gasteiger partial charge in [0.2, 0.25) is 5.91 Å². The van der Waals surface area contributed by atoms with Crippen LogP contribution in [-0.4, -0.2) is 28.1 Å². The molecule has 3 aromatic rings. The predicted octanol–water partition coefficient (Wildman–Crippen LogP) is 4.84. The van der Waals surface area contributed by atoms with Gasteiger partial charge in [-0.1, -0.05) is 18.2 Å². The Bertz CT molecular complexity index is 1190. The van der Waals surface area contributed by atoms with Gasteiger partial charge in [0.1, 0.15) is 18.4 Å². The van der Waals surface area contributed by atoms with Gasteiger partial charge in [-0.2, -0.15) is 0 Å². The maximum Gasteiger partial charge on any atom is 0.325 e. The molecule has 0 saturated carbocycles. The first-order chi connectivity index (χ1) is 15.7. The zero-order valence-electron chi connectivity index (χ0n) is 19.0. The van der Waals surface area contributed by atoms with Gasteiger partial charge in [0.05, 0.1) is 6.26 Å². The second-order valence-corrected chi connectivity index (χ2v) is 7.93. The minimum Gasteiger partial charge on any atom is -0.504 e. The zero-order chi connectivity index (χ0) is 24.1. The molecule has 7 nitrogen and oxygen atoms in total. The highest BCUT2D eigenvalue weighted by Gasteiger charge is 2.15. The normalized spacial score (nSPS) is 12.3. The van der Waals surface area contributed by atoms with Crippen LogP contribution in [0.25, 0.3) is 17.2 Å². The number of benzene rings is 2. The van der Waals surface area contributed by atoms with Crippen molar-refractivity contribution in [2.24, 2.45) is 0 Å². The molecule has 33 heavy (non-hydrogen) atoms. The van der Waals surface area contributed by atoms with Crippen molar-refractivity contribution in [2.75, 3.05) is 0 Å². The third kappa shape index (κ3) is 5.83. The van der Waals surface area contributed by atoms with E-state index in [1.54, 1.807) is 43.5 Å². The van der Waals surface area contributed by atoms with Crippen molar-refractivity contribution in [1.29, 1.82) is 0 Å². The van der Waals surface area contributed by atoms with E-state index in [1.165, 1.54) is 6.92 Å². The molecular formula is C26H27NO6. The summed E-state index contributed by atoms with van der Waals surface area (Å²) >= 11 is 0. The number of carboxylic acids is 1. The number of carbonyl (C=O) groups excluding carboxylic acids is 1. The maximum absolute atomic E-state index is 12.3. The molecule has 1 aromatic heterocycles. The molecule has 0 aliphatic rings. The van der Waals surface area contributed by atoms with E-state index in [1.807, 2.05) is 32.0 Å². The molecule has 0 fully saturated rings. The van der Waals surface area contributed by atoms with Gasteiger partial charge >= 0.3 is 5.97 Å². The number of ether oxygens (including phenoxy) is 1. The van der Waals surface area contributed by atoms with E-state index < -0.39 is 17.9 Å². The zero-order valence-corrected chi connectivity index (χ0v) is 19.0. The lowest BCUT2D eigenvalue weighted by atomic mass is 9.94. The Balaban J connectivity index is 1.80. The number of phenols is 1. The summed E-state index contributed by atoms with van der Waals surface area (Å²) in [5.74, 6) is -0.467. The highest BCUT2D eigenvalue weighted by molar-refractivity contribution is 5.99. The standard InChI is InChI=1S/C26H27NO6/c1-15-12-22(16(2)10-20(15)11-17(3)25(29)27-18(4)26(30)31)19-7-8-24(23(28)13-19)33-14-21-6-5-9-32-21/h5-13,18,28H,14H2,1-4H3,(H,27,29)(H,30,31)/b17-11+. The quantitative estimate of drug-likeness (QED) is 0.425. The van der Waals surface area contributed by atoms with Crippen LogP contribution in [-0.2, 0) is 16.2 Å². The minimum absolute atomic E-state index is 0.0279. The van der Waals surface area contributed by atoms with E-state index in [4.69, 9.17) is 14.3 Å². The van der Waals surface area contributed by atoms with Crippen LogP contribution in [0.5, 0.6) is 11.5 Å². The average molecular weight is 450 g/mol. The minimum atomic E-state index is -1.09. The summed E-state index contributed by atoms with van der Waals surface area (Å²) in [6, 6.07) is 11.8. The lowest BCUT2D eigenvalue weighted by Gasteiger charge is -2.14. The molecule has 0 spiro atoms. The third-order valence-corrected chi connectivity index (χ3v) is 5.28. The first kappa shape index (κ1) is 23.7. The van der Waals surface area contributed by atoms with Crippen molar-refractivity contribution in [3.8, 4) is 22.6 Å². The van der Waals surface area contributed by atoms with Crippen molar-refractivity contribution in [3.05, 3.63) is 76.8 Å². The Labute approximate surface area is 192 Å². The largest absolute Gasteiger partial charge is 0.504 e. The molecule has 1 atom stereocenters. The third-order valence-electron chi connectivity index (χ3n) is 5.28. The smallest absolute Gasteiger partial charge is 0.325 e. The molecule has 0 radical (unpaired) electrons. The lowest BCUT2D eigenvalue weighted by Crippen LogP contribution is -2.38. The number of rotatable bonds is 8. The molecule has 0 aliphatic carbocycles. The average Bonchev–Trinajstić information content (AvgIpc) is 3.28. The van der Waals surface area contributed by atoms with Gasteiger partial charge in [-0.15, -0.1) is 0 Å². The number of amides is 1. The number of phenolic OH excluding ortho intramolecular Hbond substituents is 1. The molecule has 0 bridgehead atoms. The Morgan fingerprint density at radius 1 is 1.15 bits per heavy atom. The van der Waals surface area contributed by atoms with Gasteiger partial charge in [0, 0.05) is 5.57 Å². The Morgan fingerprint density at radius 2 is 1.91 bits per heavy atom. The topological polar surface area (TPSA) is 109 Å². The highest BCUT2D eigenvalue weighted by Crippen LogP contribution is 2.34. The molecule has 7 heteroatoms. The molecule has 172 valence electrons. The Kier molecular flexibility index (Phi) is 7.23. The SMILES string of the molecule is C/C(=C\c1cc(C)c(-c2ccc(OCc3ccco3)c(O)c2)cc1C)C(=O)NC(C)C(=O)O. The van der Waals surface area contributed by atoms with Gasteiger partial charge < -0.3 is 24.7 Å². The number of aromatic hydroxyl groups is 1. The van der Waals surface area contributed by atoms with Crippen molar-refractivity contribution >= 4 is 18.0 Å². The number of carboxylic acid groups (broad SMARTS) is 1. The van der Waals surface area contributed by atoms with E-state index in [-0.39, 0.29) is 12.4 Å². The van der Waals surface area contributed by atoms with Gasteiger partial charge in [0.15, 0.2) is 11.5 Å². The van der Waals surface area contributed by atoms with Crippen molar-refractivity contribution < 1.29 is 29.0 Å². The monoisotopic (exact) mass is 449 g/mol.